The van der Waals surface area contributed by atoms with E-state index >= 15 is 0 Å². The molecule has 15 heavy (non-hydrogen) atoms. The summed E-state index contributed by atoms with van der Waals surface area (Å²) in [5, 5.41) is 0. The third kappa shape index (κ3) is 1.78. The molecule has 0 bridgehead atoms. The number of hydrogen-bond acceptors (Lipinski definition) is 1. The maximum absolute atomic E-state index is 13.5. The predicted octanol–water partition coefficient (Wildman–Crippen LogP) is 3.11. The fourth-order valence-electron chi connectivity index (χ4n) is 2.09. The van der Waals surface area contributed by atoms with E-state index in [-0.39, 0.29) is 11.7 Å². The van der Waals surface area contributed by atoms with Crippen molar-refractivity contribution in [2.45, 2.75) is 32.1 Å². The van der Waals surface area contributed by atoms with Gasteiger partial charge in [0.15, 0.2) is 0 Å². The van der Waals surface area contributed by atoms with E-state index in [1.165, 1.54) is 6.07 Å². The van der Waals surface area contributed by atoms with Gasteiger partial charge in [0.25, 0.3) is 0 Å². The van der Waals surface area contributed by atoms with Gasteiger partial charge in [-0.25, -0.2) is 8.78 Å². The van der Waals surface area contributed by atoms with Crippen molar-refractivity contribution in [2.24, 2.45) is 0 Å². The number of carbonyl (C=O) groups excluding carboxylic acids is 1. The minimum Gasteiger partial charge on any atom is -0.299 e. The Morgan fingerprint density at radius 2 is 2.00 bits per heavy atom. The molecule has 1 aromatic rings. The Morgan fingerprint density at radius 1 is 1.27 bits per heavy atom. The first-order valence-corrected chi connectivity index (χ1v) is 5.08. The van der Waals surface area contributed by atoms with Crippen LogP contribution in [0.2, 0.25) is 0 Å². The zero-order valence-corrected chi connectivity index (χ0v) is 8.52. The third-order valence-corrected chi connectivity index (χ3v) is 2.96. The van der Waals surface area contributed by atoms with Crippen molar-refractivity contribution >= 4 is 5.78 Å². The Labute approximate surface area is 87.1 Å². The van der Waals surface area contributed by atoms with Crippen LogP contribution < -0.4 is 0 Å². The van der Waals surface area contributed by atoms with Crippen LogP contribution in [0.4, 0.5) is 8.78 Å². The van der Waals surface area contributed by atoms with Gasteiger partial charge >= 0.3 is 0 Å². The molecule has 1 nitrogen and oxygen atoms in total. The molecule has 0 N–H and O–H groups in total. The van der Waals surface area contributed by atoms with E-state index < -0.39 is 11.6 Å². The minimum atomic E-state index is -0.599. The lowest BCUT2D eigenvalue weighted by Gasteiger charge is -2.10. The Hall–Kier alpha value is -1.25. The van der Waals surface area contributed by atoms with Crippen LogP contribution in [-0.4, -0.2) is 5.78 Å². The molecule has 2 rings (SSSR count). The molecule has 1 saturated carbocycles. The van der Waals surface area contributed by atoms with Crippen molar-refractivity contribution in [1.82, 2.24) is 0 Å². The van der Waals surface area contributed by atoms with Crippen LogP contribution in [0.15, 0.2) is 12.1 Å². The van der Waals surface area contributed by atoms with Crippen molar-refractivity contribution < 1.29 is 13.6 Å². The number of hydrogen-bond donors (Lipinski definition) is 0. The molecule has 1 fully saturated rings. The van der Waals surface area contributed by atoms with E-state index in [0.29, 0.717) is 24.0 Å². The Balaban J connectivity index is 2.43. The molecule has 1 aromatic carbocycles. The van der Waals surface area contributed by atoms with Crippen molar-refractivity contribution in [3.63, 3.8) is 0 Å². The number of aryl methyl sites for hydroxylation is 1. The highest BCUT2D eigenvalue weighted by atomic mass is 19.1. The molecule has 1 aliphatic carbocycles. The summed E-state index contributed by atoms with van der Waals surface area (Å²) < 4.78 is 26.5. The first-order valence-electron chi connectivity index (χ1n) is 5.08. The van der Waals surface area contributed by atoms with Gasteiger partial charge in [-0.05, 0) is 37.0 Å². The van der Waals surface area contributed by atoms with E-state index in [4.69, 9.17) is 0 Å². The van der Waals surface area contributed by atoms with Gasteiger partial charge in [-0.15, -0.1) is 0 Å². The topological polar surface area (TPSA) is 17.1 Å². The number of carbonyl (C=O) groups is 1. The zero-order chi connectivity index (χ0) is 11.0. The number of Topliss-reactive ketones (excluding diaryl/α,β-unsaturated/α-hetero) is 1. The smallest absolute Gasteiger partial charge is 0.140 e. The first-order chi connectivity index (χ1) is 7.09. The number of halogens is 2. The molecule has 0 amide bonds. The van der Waals surface area contributed by atoms with Crippen LogP contribution in [0.3, 0.4) is 0 Å². The summed E-state index contributed by atoms with van der Waals surface area (Å²) in [5.74, 6) is -1.44. The molecule has 0 aliphatic heterocycles. The maximum Gasteiger partial charge on any atom is 0.140 e. The summed E-state index contributed by atoms with van der Waals surface area (Å²) in [4.78, 5) is 11.5. The Bertz CT molecular complexity index is 412. The van der Waals surface area contributed by atoms with Crippen LogP contribution in [0.1, 0.15) is 36.3 Å². The number of rotatable bonds is 1. The van der Waals surface area contributed by atoms with Crippen molar-refractivity contribution in [3.8, 4) is 0 Å². The van der Waals surface area contributed by atoms with E-state index in [1.807, 2.05) is 0 Å². The van der Waals surface area contributed by atoms with Crippen molar-refractivity contribution in [3.05, 3.63) is 34.9 Å². The maximum atomic E-state index is 13.5. The molecule has 1 aliphatic rings. The highest BCUT2D eigenvalue weighted by Gasteiger charge is 2.28. The lowest BCUT2D eigenvalue weighted by atomic mass is 9.94. The molecule has 80 valence electrons. The second-order valence-corrected chi connectivity index (χ2v) is 4.03. The number of ketones is 1. The molecular weight excluding hydrogens is 198 g/mol. The van der Waals surface area contributed by atoms with Gasteiger partial charge in [-0.2, -0.15) is 0 Å². The minimum absolute atomic E-state index is 0.0694. The fourth-order valence-corrected chi connectivity index (χ4v) is 2.09. The molecule has 0 saturated heterocycles. The van der Waals surface area contributed by atoms with E-state index in [1.54, 1.807) is 6.92 Å². The highest BCUT2D eigenvalue weighted by Crippen LogP contribution is 2.33. The normalized spacial score (nSPS) is 21.0. The quantitative estimate of drug-likeness (QED) is 0.696. The fraction of sp³-hybridized carbons (Fsp3) is 0.417. The summed E-state index contributed by atoms with van der Waals surface area (Å²) in [6.45, 7) is 1.58. The SMILES string of the molecule is Cc1cc(C2CCCC2=O)c(F)cc1F. The van der Waals surface area contributed by atoms with E-state index in [9.17, 15) is 13.6 Å². The molecule has 0 heterocycles. The standard InChI is InChI=1S/C12H12F2O/c1-7-5-9(11(14)6-10(7)13)8-3-2-4-12(8)15/h5-6,8H,2-4H2,1H3. The van der Waals surface area contributed by atoms with Gasteiger partial charge in [0.2, 0.25) is 0 Å². The summed E-state index contributed by atoms with van der Waals surface area (Å²) in [5.41, 5.74) is 0.752. The lowest BCUT2D eigenvalue weighted by molar-refractivity contribution is -0.118. The van der Waals surface area contributed by atoms with Gasteiger partial charge in [0, 0.05) is 18.4 Å². The Kier molecular flexibility index (Phi) is 2.55. The summed E-state index contributed by atoms with van der Waals surface area (Å²) in [6, 6.07) is 2.33. The second-order valence-electron chi connectivity index (χ2n) is 4.03. The second kappa shape index (κ2) is 3.72. The third-order valence-electron chi connectivity index (χ3n) is 2.96. The molecule has 0 radical (unpaired) electrons. The number of benzene rings is 1. The molecule has 3 heteroatoms. The highest BCUT2D eigenvalue weighted by molar-refractivity contribution is 5.87. The van der Waals surface area contributed by atoms with Gasteiger partial charge in [-0.3, -0.25) is 4.79 Å². The molecular formula is C12H12F2O. The average molecular weight is 210 g/mol. The summed E-state index contributed by atoms with van der Waals surface area (Å²) in [6.07, 6.45) is 2.00. The van der Waals surface area contributed by atoms with Crippen LogP contribution in [0.5, 0.6) is 0 Å². The van der Waals surface area contributed by atoms with Crippen molar-refractivity contribution in [2.75, 3.05) is 0 Å². The molecule has 0 aromatic heterocycles. The van der Waals surface area contributed by atoms with Crippen LogP contribution in [0, 0.1) is 18.6 Å². The monoisotopic (exact) mass is 210 g/mol. The van der Waals surface area contributed by atoms with Gasteiger partial charge in [0.1, 0.15) is 17.4 Å². The molecule has 1 unspecified atom stereocenters. The first kappa shape index (κ1) is 10.3. The zero-order valence-electron chi connectivity index (χ0n) is 8.52. The molecule has 0 spiro atoms. The van der Waals surface area contributed by atoms with E-state index in [0.717, 1.165) is 12.5 Å². The summed E-state index contributed by atoms with van der Waals surface area (Å²) >= 11 is 0. The van der Waals surface area contributed by atoms with Gasteiger partial charge < -0.3 is 0 Å². The van der Waals surface area contributed by atoms with Gasteiger partial charge in [-0.1, -0.05) is 0 Å². The van der Waals surface area contributed by atoms with Crippen LogP contribution in [-0.2, 0) is 4.79 Å². The van der Waals surface area contributed by atoms with Gasteiger partial charge in [0.05, 0.1) is 0 Å². The van der Waals surface area contributed by atoms with E-state index in [2.05, 4.69) is 0 Å². The van der Waals surface area contributed by atoms with Crippen LogP contribution in [0.25, 0.3) is 0 Å². The van der Waals surface area contributed by atoms with Crippen molar-refractivity contribution in [1.29, 1.82) is 0 Å². The lowest BCUT2D eigenvalue weighted by Crippen LogP contribution is -2.07. The van der Waals surface area contributed by atoms with Crippen LogP contribution >= 0.6 is 0 Å². The summed E-state index contributed by atoms with van der Waals surface area (Å²) in [7, 11) is 0. The predicted molar refractivity (Wildman–Crippen MR) is 52.7 cm³/mol. The Morgan fingerprint density at radius 3 is 2.60 bits per heavy atom. The largest absolute Gasteiger partial charge is 0.299 e. The molecule has 1 atom stereocenters. The average Bonchev–Trinajstić information content (AvgIpc) is 2.58.